The van der Waals surface area contributed by atoms with E-state index in [9.17, 15) is 0 Å². The molecule has 1 N–H and O–H groups in total. The summed E-state index contributed by atoms with van der Waals surface area (Å²) in [5.41, 5.74) is 0.551. The summed E-state index contributed by atoms with van der Waals surface area (Å²) in [5.74, 6) is 0. The molecule has 1 saturated heterocycles. The minimum Gasteiger partial charge on any atom is -0.315 e. The van der Waals surface area contributed by atoms with Gasteiger partial charge < -0.3 is 5.32 Å². The van der Waals surface area contributed by atoms with Gasteiger partial charge in [-0.15, -0.1) is 0 Å². The number of hydrogen-bond donors (Lipinski definition) is 1. The Hall–Kier alpha value is -0.0800. The normalized spacial score (nSPS) is 26.1. The van der Waals surface area contributed by atoms with Crippen molar-refractivity contribution in [2.24, 2.45) is 5.41 Å². The van der Waals surface area contributed by atoms with Crippen LogP contribution in [0.1, 0.15) is 53.4 Å². The predicted molar refractivity (Wildman–Crippen MR) is 71.8 cm³/mol. The van der Waals surface area contributed by atoms with Crippen LogP contribution in [-0.4, -0.2) is 37.1 Å². The standard InChI is InChI=1S/C14H30N2/c1-6-13(15-5)12(2)16-10-7-8-14(3,4)9-11-16/h12-13,15H,6-11H2,1-5H3. The van der Waals surface area contributed by atoms with Crippen LogP contribution < -0.4 is 5.32 Å². The summed E-state index contributed by atoms with van der Waals surface area (Å²) in [6.07, 6.45) is 5.30. The van der Waals surface area contributed by atoms with Crippen LogP contribution in [0.5, 0.6) is 0 Å². The second kappa shape index (κ2) is 6.02. The molecule has 0 aliphatic carbocycles. The molecule has 2 unspecified atom stereocenters. The van der Waals surface area contributed by atoms with Crippen LogP contribution in [0.25, 0.3) is 0 Å². The van der Waals surface area contributed by atoms with Crippen LogP contribution in [0, 0.1) is 5.41 Å². The molecule has 0 aromatic heterocycles. The summed E-state index contributed by atoms with van der Waals surface area (Å²) in [6.45, 7) is 12.0. The van der Waals surface area contributed by atoms with Crippen molar-refractivity contribution in [2.45, 2.75) is 65.5 Å². The fourth-order valence-electron chi connectivity index (χ4n) is 2.89. The van der Waals surface area contributed by atoms with Gasteiger partial charge in [-0.25, -0.2) is 0 Å². The number of nitrogens with one attached hydrogen (secondary N) is 1. The van der Waals surface area contributed by atoms with E-state index in [4.69, 9.17) is 0 Å². The van der Waals surface area contributed by atoms with Crippen LogP contribution in [0.2, 0.25) is 0 Å². The quantitative estimate of drug-likeness (QED) is 0.793. The Balaban J connectivity index is 2.53. The van der Waals surface area contributed by atoms with E-state index in [0.29, 0.717) is 17.5 Å². The van der Waals surface area contributed by atoms with Crippen LogP contribution >= 0.6 is 0 Å². The Morgan fingerprint density at radius 3 is 2.50 bits per heavy atom. The monoisotopic (exact) mass is 226 g/mol. The summed E-state index contributed by atoms with van der Waals surface area (Å²) >= 11 is 0. The number of rotatable bonds is 4. The molecule has 0 saturated carbocycles. The lowest BCUT2D eigenvalue weighted by atomic mass is 9.85. The maximum Gasteiger partial charge on any atom is 0.0220 e. The molecule has 0 radical (unpaired) electrons. The van der Waals surface area contributed by atoms with Gasteiger partial charge in [0, 0.05) is 12.1 Å². The highest BCUT2D eigenvalue weighted by Crippen LogP contribution is 2.30. The molecule has 2 atom stereocenters. The third kappa shape index (κ3) is 3.74. The fraction of sp³-hybridized carbons (Fsp3) is 1.00. The van der Waals surface area contributed by atoms with Gasteiger partial charge in [0.1, 0.15) is 0 Å². The van der Waals surface area contributed by atoms with Gasteiger partial charge in [0.05, 0.1) is 0 Å². The first-order chi connectivity index (χ1) is 7.50. The van der Waals surface area contributed by atoms with Crippen molar-refractivity contribution >= 4 is 0 Å². The van der Waals surface area contributed by atoms with Gasteiger partial charge in [0.15, 0.2) is 0 Å². The minimum atomic E-state index is 0.551. The third-order valence-electron chi connectivity index (χ3n) is 4.34. The first-order valence-corrected chi connectivity index (χ1v) is 6.91. The molecule has 1 heterocycles. The number of likely N-dealkylation sites (N-methyl/N-ethyl adjacent to an activating group) is 1. The van der Waals surface area contributed by atoms with Crippen LogP contribution in [0.15, 0.2) is 0 Å². The highest BCUT2D eigenvalue weighted by atomic mass is 15.2. The van der Waals surface area contributed by atoms with Crippen molar-refractivity contribution < 1.29 is 0 Å². The number of likely N-dealkylation sites (tertiary alicyclic amines) is 1. The van der Waals surface area contributed by atoms with E-state index in [1.165, 1.54) is 38.8 Å². The Morgan fingerprint density at radius 2 is 1.94 bits per heavy atom. The molecule has 0 aromatic rings. The van der Waals surface area contributed by atoms with E-state index in [0.717, 1.165) is 0 Å². The number of hydrogen-bond acceptors (Lipinski definition) is 2. The minimum absolute atomic E-state index is 0.551. The lowest BCUT2D eigenvalue weighted by Gasteiger charge is -2.34. The molecule has 1 rings (SSSR count). The van der Waals surface area contributed by atoms with Gasteiger partial charge >= 0.3 is 0 Å². The molecule has 2 heteroatoms. The maximum absolute atomic E-state index is 3.45. The van der Waals surface area contributed by atoms with Crippen molar-refractivity contribution in [3.8, 4) is 0 Å². The van der Waals surface area contributed by atoms with E-state index in [1.54, 1.807) is 0 Å². The van der Waals surface area contributed by atoms with Crippen LogP contribution in [0.4, 0.5) is 0 Å². The van der Waals surface area contributed by atoms with Crippen molar-refractivity contribution in [1.29, 1.82) is 0 Å². The average Bonchev–Trinajstić information content (AvgIpc) is 2.41. The molecule has 96 valence electrons. The van der Waals surface area contributed by atoms with Crippen molar-refractivity contribution in [3.05, 3.63) is 0 Å². The summed E-state index contributed by atoms with van der Waals surface area (Å²) in [7, 11) is 2.09. The summed E-state index contributed by atoms with van der Waals surface area (Å²) < 4.78 is 0. The van der Waals surface area contributed by atoms with Gasteiger partial charge in [0.2, 0.25) is 0 Å². The van der Waals surface area contributed by atoms with E-state index in [-0.39, 0.29) is 0 Å². The molecule has 0 bridgehead atoms. The molecule has 1 aliphatic rings. The van der Waals surface area contributed by atoms with E-state index < -0.39 is 0 Å². The van der Waals surface area contributed by atoms with Gasteiger partial charge in [-0.05, 0) is 58.2 Å². The van der Waals surface area contributed by atoms with Gasteiger partial charge in [-0.2, -0.15) is 0 Å². The Morgan fingerprint density at radius 1 is 1.25 bits per heavy atom. The predicted octanol–water partition coefficient (Wildman–Crippen LogP) is 2.89. The SMILES string of the molecule is CCC(NC)C(C)N1CCCC(C)(C)CC1. The average molecular weight is 226 g/mol. The lowest BCUT2D eigenvalue weighted by molar-refractivity contribution is 0.169. The van der Waals surface area contributed by atoms with Crippen LogP contribution in [0.3, 0.4) is 0 Å². The highest BCUT2D eigenvalue weighted by Gasteiger charge is 2.27. The molecule has 1 aliphatic heterocycles. The zero-order valence-electron chi connectivity index (χ0n) is 11.8. The molecule has 2 nitrogen and oxygen atoms in total. The molecular weight excluding hydrogens is 196 g/mol. The zero-order chi connectivity index (χ0) is 12.2. The Kier molecular flexibility index (Phi) is 5.26. The van der Waals surface area contributed by atoms with E-state index >= 15 is 0 Å². The Labute approximate surface area is 102 Å². The highest BCUT2D eigenvalue weighted by molar-refractivity contribution is 4.83. The van der Waals surface area contributed by atoms with Gasteiger partial charge in [0.25, 0.3) is 0 Å². The first-order valence-electron chi connectivity index (χ1n) is 6.91. The second-order valence-electron chi connectivity index (χ2n) is 6.10. The summed E-state index contributed by atoms with van der Waals surface area (Å²) in [5, 5.41) is 3.45. The summed E-state index contributed by atoms with van der Waals surface area (Å²) in [6, 6.07) is 1.31. The van der Waals surface area contributed by atoms with Gasteiger partial charge in [-0.1, -0.05) is 20.8 Å². The van der Waals surface area contributed by atoms with Crippen LogP contribution in [-0.2, 0) is 0 Å². The molecule has 1 fully saturated rings. The van der Waals surface area contributed by atoms with Crippen molar-refractivity contribution in [3.63, 3.8) is 0 Å². The fourth-order valence-corrected chi connectivity index (χ4v) is 2.89. The maximum atomic E-state index is 3.45. The Bertz CT molecular complexity index is 197. The van der Waals surface area contributed by atoms with Gasteiger partial charge in [-0.3, -0.25) is 4.90 Å². The topological polar surface area (TPSA) is 15.3 Å². The smallest absolute Gasteiger partial charge is 0.0220 e. The second-order valence-corrected chi connectivity index (χ2v) is 6.10. The molecular formula is C14H30N2. The molecule has 0 spiro atoms. The first kappa shape index (κ1) is 14.0. The van der Waals surface area contributed by atoms with E-state index in [2.05, 4.69) is 45.0 Å². The zero-order valence-corrected chi connectivity index (χ0v) is 11.8. The largest absolute Gasteiger partial charge is 0.315 e. The molecule has 0 aromatic carbocycles. The van der Waals surface area contributed by atoms with Crippen molar-refractivity contribution in [1.82, 2.24) is 10.2 Å². The number of nitrogens with zero attached hydrogens (tertiary/aromatic N) is 1. The molecule has 0 amide bonds. The van der Waals surface area contributed by atoms with E-state index in [1.807, 2.05) is 0 Å². The van der Waals surface area contributed by atoms with Crippen molar-refractivity contribution in [2.75, 3.05) is 20.1 Å². The molecule has 16 heavy (non-hydrogen) atoms. The summed E-state index contributed by atoms with van der Waals surface area (Å²) in [4.78, 5) is 2.68. The lowest BCUT2D eigenvalue weighted by Crippen LogP contribution is -2.47. The third-order valence-corrected chi connectivity index (χ3v) is 4.34.